The summed E-state index contributed by atoms with van der Waals surface area (Å²) in [6.45, 7) is 5.72. The molecule has 4 aromatic rings. The van der Waals surface area contributed by atoms with Crippen LogP contribution >= 0.6 is 12.2 Å². The lowest BCUT2D eigenvalue weighted by molar-refractivity contribution is -0.384. The number of benzene rings is 3. The molecule has 2 amide bonds. The maximum atomic E-state index is 13.8. The molecule has 2 heterocycles. The molecule has 0 saturated carbocycles. The molecule has 0 aliphatic carbocycles. The number of carbonyl (C=O) groups is 2. The maximum absolute atomic E-state index is 13.8. The largest absolute Gasteiger partial charge is 0.457 e. The number of carbonyl (C=O) groups excluding carboxylic acids is 2. The Balaban J connectivity index is 1.60. The number of hydrogen-bond acceptors (Lipinski definition) is 6. The standard InChI is InChI=1S/C30H23N3O5S/c1-18-9-11-22(15-20(18)3)32-29(35)26(28(34)31(30(32)39)21-7-5-4-6-8-21)17-24-13-14-27(38-24)25-16-23(33(36)37)12-10-19(25)2/h4-17H,1-3H3/b26-17+. The van der Waals surface area contributed by atoms with Gasteiger partial charge >= 0.3 is 0 Å². The van der Waals surface area contributed by atoms with Gasteiger partial charge in [0.1, 0.15) is 17.1 Å². The average Bonchev–Trinajstić information content (AvgIpc) is 3.38. The van der Waals surface area contributed by atoms with Gasteiger partial charge in [-0.2, -0.15) is 0 Å². The Labute approximate surface area is 229 Å². The topological polar surface area (TPSA) is 96.9 Å². The van der Waals surface area contributed by atoms with Gasteiger partial charge in [-0.15, -0.1) is 0 Å². The number of nitro benzene ring substituents is 1. The Morgan fingerprint density at radius 3 is 2.13 bits per heavy atom. The van der Waals surface area contributed by atoms with Crippen LogP contribution in [0.15, 0.2) is 88.9 Å². The van der Waals surface area contributed by atoms with Gasteiger partial charge in [-0.3, -0.25) is 29.5 Å². The molecule has 1 saturated heterocycles. The van der Waals surface area contributed by atoms with Crippen molar-refractivity contribution < 1.29 is 18.9 Å². The number of non-ortho nitro benzene ring substituents is 1. The molecule has 8 nitrogen and oxygen atoms in total. The fraction of sp³-hybridized carbons (Fsp3) is 0.100. The van der Waals surface area contributed by atoms with Crippen molar-refractivity contribution in [1.82, 2.24) is 0 Å². The summed E-state index contributed by atoms with van der Waals surface area (Å²) in [6, 6.07) is 22.2. The zero-order valence-electron chi connectivity index (χ0n) is 21.4. The Morgan fingerprint density at radius 1 is 0.795 bits per heavy atom. The van der Waals surface area contributed by atoms with Crippen molar-refractivity contribution in [1.29, 1.82) is 0 Å². The van der Waals surface area contributed by atoms with Gasteiger partial charge in [0.15, 0.2) is 5.11 Å². The van der Waals surface area contributed by atoms with Crippen LogP contribution in [0, 0.1) is 30.9 Å². The summed E-state index contributed by atoms with van der Waals surface area (Å²) in [6.07, 6.45) is 1.38. The molecule has 39 heavy (non-hydrogen) atoms. The van der Waals surface area contributed by atoms with E-state index in [4.69, 9.17) is 16.6 Å². The van der Waals surface area contributed by atoms with Gasteiger partial charge in [0, 0.05) is 17.7 Å². The van der Waals surface area contributed by atoms with Crippen molar-refractivity contribution in [3.8, 4) is 11.3 Å². The second-order valence-corrected chi connectivity index (χ2v) is 9.55. The number of rotatable bonds is 5. The van der Waals surface area contributed by atoms with E-state index in [1.165, 1.54) is 28.0 Å². The maximum Gasteiger partial charge on any atom is 0.270 e. The van der Waals surface area contributed by atoms with Crippen LogP contribution in [0.25, 0.3) is 17.4 Å². The minimum atomic E-state index is -0.583. The smallest absolute Gasteiger partial charge is 0.270 e. The second-order valence-electron chi connectivity index (χ2n) is 9.18. The lowest BCUT2D eigenvalue weighted by Crippen LogP contribution is -2.57. The SMILES string of the molecule is Cc1ccc(N2C(=O)/C(=C/c3ccc(-c4cc([N+](=O)[O-])ccc4C)o3)C(=O)N(c3ccccc3)C2=S)cc1C. The number of nitro groups is 1. The molecule has 3 aromatic carbocycles. The highest BCUT2D eigenvalue weighted by Gasteiger charge is 2.41. The number of aryl methyl sites for hydroxylation is 3. The summed E-state index contributed by atoms with van der Waals surface area (Å²) in [7, 11) is 0. The van der Waals surface area contributed by atoms with Crippen LogP contribution in [0.1, 0.15) is 22.5 Å². The molecule has 1 aromatic heterocycles. The van der Waals surface area contributed by atoms with Crippen LogP contribution in [0.3, 0.4) is 0 Å². The molecule has 1 aliphatic rings. The first kappa shape index (κ1) is 25.7. The van der Waals surface area contributed by atoms with Crippen LogP contribution in [0.4, 0.5) is 17.1 Å². The number of para-hydroxylation sites is 1. The van der Waals surface area contributed by atoms with Gasteiger partial charge in [0.05, 0.1) is 16.3 Å². The predicted octanol–water partition coefficient (Wildman–Crippen LogP) is 6.53. The minimum Gasteiger partial charge on any atom is -0.457 e. The Morgan fingerprint density at radius 2 is 1.46 bits per heavy atom. The van der Waals surface area contributed by atoms with Gasteiger partial charge < -0.3 is 4.42 Å². The molecule has 0 unspecified atom stereocenters. The van der Waals surface area contributed by atoms with Crippen molar-refractivity contribution in [2.45, 2.75) is 20.8 Å². The Hall–Kier alpha value is -4.89. The molecular weight excluding hydrogens is 514 g/mol. The molecule has 0 bridgehead atoms. The average molecular weight is 538 g/mol. The predicted molar refractivity (Wildman–Crippen MR) is 153 cm³/mol. The third kappa shape index (κ3) is 4.75. The van der Waals surface area contributed by atoms with Crippen molar-refractivity contribution in [3.05, 3.63) is 117 Å². The third-order valence-electron chi connectivity index (χ3n) is 6.62. The van der Waals surface area contributed by atoms with Crippen LogP contribution in [-0.4, -0.2) is 21.9 Å². The van der Waals surface area contributed by atoms with Crippen LogP contribution in [0.5, 0.6) is 0 Å². The van der Waals surface area contributed by atoms with Gasteiger partial charge in [-0.05, 0) is 92.2 Å². The summed E-state index contributed by atoms with van der Waals surface area (Å²) in [5.74, 6) is -0.542. The summed E-state index contributed by atoms with van der Waals surface area (Å²) in [4.78, 5) is 40.9. The van der Waals surface area contributed by atoms with Crippen molar-refractivity contribution >= 4 is 52.3 Å². The van der Waals surface area contributed by atoms with E-state index in [2.05, 4.69) is 0 Å². The molecule has 0 N–H and O–H groups in total. The van der Waals surface area contributed by atoms with Crippen LogP contribution < -0.4 is 9.80 Å². The zero-order chi connectivity index (χ0) is 27.8. The lowest BCUT2D eigenvalue weighted by atomic mass is 10.1. The zero-order valence-corrected chi connectivity index (χ0v) is 22.2. The van der Waals surface area contributed by atoms with Gasteiger partial charge in [0.25, 0.3) is 17.5 Å². The van der Waals surface area contributed by atoms with E-state index in [1.54, 1.807) is 48.5 Å². The highest BCUT2D eigenvalue weighted by Crippen LogP contribution is 2.33. The first-order valence-electron chi connectivity index (χ1n) is 12.1. The third-order valence-corrected chi connectivity index (χ3v) is 6.99. The molecular formula is C30H23N3O5S. The Bertz CT molecular complexity index is 1690. The number of anilines is 2. The fourth-order valence-electron chi connectivity index (χ4n) is 4.33. The van der Waals surface area contributed by atoms with E-state index in [1.807, 2.05) is 39.0 Å². The molecule has 0 radical (unpaired) electrons. The normalized spacial score (nSPS) is 14.8. The minimum absolute atomic E-state index is 0.0453. The molecule has 0 atom stereocenters. The first-order chi connectivity index (χ1) is 18.7. The van der Waals surface area contributed by atoms with Gasteiger partial charge in [-0.25, -0.2) is 0 Å². The number of hydrogen-bond donors (Lipinski definition) is 0. The summed E-state index contributed by atoms with van der Waals surface area (Å²) in [5.41, 5.74) is 4.20. The summed E-state index contributed by atoms with van der Waals surface area (Å²) >= 11 is 5.68. The van der Waals surface area contributed by atoms with E-state index in [0.717, 1.165) is 16.7 Å². The first-order valence-corrected chi connectivity index (χ1v) is 12.5. The highest BCUT2D eigenvalue weighted by atomic mass is 32.1. The van der Waals surface area contributed by atoms with E-state index in [-0.39, 0.29) is 22.1 Å². The van der Waals surface area contributed by atoms with Crippen molar-refractivity contribution in [3.63, 3.8) is 0 Å². The number of thiocarbonyl (C=S) groups is 1. The Kier molecular flexibility index (Phi) is 6.67. The van der Waals surface area contributed by atoms with Gasteiger partial charge in [0.2, 0.25) is 0 Å². The summed E-state index contributed by atoms with van der Waals surface area (Å²) in [5, 5.41) is 11.3. The monoisotopic (exact) mass is 537 g/mol. The van der Waals surface area contributed by atoms with Gasteiger partial charge in [-0.1, -0.05) is 30.3 Å². The highest BCUT2D eigenvalue weighted by molar-refractivity contribution is 7.81. The number of furan rings is 1. The van der Waals surface area contributed by atoms with Crippen LogP contribution in [0.2, 0.25) is 0 Å². The van der Waals surface area contributed by atoms with E-state index in [9.17, 15) is 19.7 Å². The number of nitrogens with zero attached hydrogens (tertiary/aromatic N) is 3. The second kappa shape index (κ2) is 10.1. The number of amides is 2. The molecule has 0 spiro atoms. The quantitative estimate of drug-likeness (QED) is 0.0944. The lowest BCUT2D eigenvalue weighted by Gasteiger charge is -2.36. The molecule has 9 heteroatoms. The van der Waals surface area contributed by atoms with E-state index < -0.39 is 16.7 Å². The van der Waals surface area contributed by atoms with E-state index in [0.29, 0.717) is 22.7 Å². The molecule has 1 aliphatic heterocycles. The summed E-state index contributed by atoms with van der Waals surface area (Å²) < 4.78 is 5.95. The van der Waals surface area contributed by atoms with E-state index >= 15 is 0 Å². The van der Waals surface area contributed by atoms with Crippen molar-refractivity contribution in [2.24, 2.45) is 0 Å². The molecule has 194 valence electrons. The molecule has 1 fully saturated rings. The fourth-order valence-corrected chi connectivity index (χ4v) is 4.71. The van der Waals surface area contributed by atoms with Crippen LogP contribution in [-0.2, 0) is 9.59 Å². The molecule has 5 rings (SSSR count). The van der Waals surface area contributed by atoms with Crippen molar-refractivity contribution in [2.75, 3.05) is 9.80 Å².